The third-order valence-electron chi connectivity index (χ3n) is 2.14. The van der Waals surface area contributed by atoms with Crippen LogP contribution in [0, 0.1) is 0 Å². The monoisotopic (exact) mass is 297 g/mol. The van der Waals surface area contributed by atoms with E-state index in [1.54, 1.807) is 19.0 Å². The Balaban J connectivity index is 2.90. The average Bonchev–Trinajstić information content (AvgIpc) is 2.66. The molecule has 0 aliphatic rings. The zero-order chi connectivity index (χ0) is 14.6. The zero-order valence-electron chi connectivity index (χ0n) is 10.4. The van der Waals surface area contributed by atoms with Gasteiger partial charge in [-0.1, -0.05) is 11.8 Å². The zero-order valence-corrected chi connectivity index (χ0v) is 11.3. The van der Waals surface area contributed by atoms with Gasteiger partial charge in [-0.3, -0.25) is 9.48 Å². The van der Waals surface area contributed by atoms with Gasteiger partial charge in [-0.2, -0.15) is 18.3 Å². The number of thioether (sulfide) groups is 1. The second kappa shape index (κ2) is 6.29. The predicted molar refractivity (Wildman–Crippen MR) is 64.1 cm³/mol. The van der Waals surface area contributed by atoms with Crippen LogP contribution in [0.25, 0.3) is 0 Å². The van der Waals surface area contributed by atoms with Crippen molar-refractivity contribution in [3.63, 3.8) is 0 Å². The van der Waals surface area contributed by atoms with Crippen LogP contribution in [0.5, 0.6) is 0 Å². The summed E-state index contributed by atoms with van der Waals surface area (Å²) in [4.78, 5) is 12.3. The van der Waals surface area contributed by atoms with Crippen LogP contribution in [0.3, 0.4) is 0 Å². The van der Waals surface area contributed by atoms with Crippen LogP contribution in [-0.4, -0.2) is 52.1 Å². The van der Waals surface area contributed by atoms with Gasteiger partial charge in [0, 0.05) is 12.6 Å². The Hall–Kier alpha value is -1.22. The van der Waals surface area contributed by atoms with Crippen LogP contribution in [-0.2, 0) is 17.5 Å². The topological polar surface area (TPSA) is 58.4 Å². The lowest BCUT2D eigenvalue weighted by atomic mass is 10.4. The highest BCUT2D eigenvalue weighted by molar-refractivity contribution is 7.99. The number of alkyl halides is 3. The van der Waals surface area contributed by atoms with E-state index in [1.807, 2.05) is 0 Å². The molecule has 0 unspecified atom stereocenters. The molecule has 1 aromatic heterocycles. The maximum Gasteiger partial charge on any atom is 0.435 e. The van der Waals surface area contributed by atoms with E-state index in [9.17, 15) is 18.0 Å². The molecule has 0 aromatic carbocycles. The van der Waals surface area contributed by atoms with Crippen molar-refractivity contribution in [3.8, 4) is 0 Å². The summed E-state index contributed by atoms with van der Waals surface area (Å²) in [6, 6.07) is 0.878. The number of aliphatic carboxylic acids is 1. The van der Waals surface area contributed by atoms with E-state index in [4.69, 9.17) is 5.11 Å². The summed E-state index contributed by atoms with van der Waals surface area (Å²) in [6.45, 7) is 0.782. The minimum absolute atomic E-state index is 0.205. The molecule has 0 aliphatic carbocycles. The summed E-state index contributed by atoms with van der Waals surface area (Å²) in [5.74, 6) is -1.38. The molecule has 0 radical (unpaired) electrons. The first kappa shape index (κ1) is 15.8. The van der Waals surface area contributed by atoms with Gasteiger partial charge in [0.05, 0.1) is 17.3 Å². The molecule has 0 aliphatic heterocycles. The molecule has 0 atom stereocenters. The van der Waals surface area contributed by atoms with Gasteiger partial charge < -0.3 is 10.0 Å². The number of nitrogens with zero attached hydrogens (tertiary/aromatic N) is 3. The van der Waals surface area contributed by atoms with Gasteiger partial charge >= 0.3 is 12.1 Å². The molecule has 0 bridgehead atoms. The largest absolute Gasteiger partial charge is 0.481 e. The molecule has 1 N–H and O–H groups in total. The van der Waals surface area contributed by atoms with Gasteiger partial charge in [0.15, 0.2) is 5.69 Å². The number of aromatic nitrogens is 2. The minimum atomic E-state index is -4.53. The van der Waals surface area contributed by atoms with Crippen LogP contribution >= 0.6 is 11.8 Å². The van der Waals surface area contributed by atoms with Crippen molar-refractivity contribution in [1.82, 2.24) is 14.7 Å². The first-order valence-electron chi connectivity index (χ1n) is 5.34. The molecular formula is C10H14F3N3O2S. The molecule has 0 amide bonds. The Labute approximate surface area is 112 Å². The third kappa shape index (κ3) is 5.11. The van der Waals surface area contributed by atoms with E-state index in [0.717, 1.165) is 17.8 Å². The number of hydrogen-bond acceptors (Lipinski definition) is 4. The van der Waals surface area contributed by atoms with Crippen LogP contribution in [0.2, 0.25) is 0 Å². The fourth-order valence-electron chi connectivity index (χ4n) is 1.24. The van der Waals surface area contributed by atoms with E-state index in [0.29, 0.717) is 6.54 Å². The number of likely N-dealkylation sites (N-methyl/N-ethyl adjacent to an activating group) is 1. The second-order valence-corrected chi connectivity index (χ2v) is 5.07. The van der Waals surface area contributed by atoms with Gasteiger partial charge in [-0.25, -0.2) is 0 Å². The van der Waals surface area contributed by atoms with E-state index in [2.05, 4.69) is 5.10 Å². The highest BCUT2D eigenvalue weighted by atomic mass is 32.2. The standard InChI is InChI=1S/C10H14F3N3O2S/c1-15(2)3-4-16-8(19-6-9(17)18)5-7(14-16)10(11,12)13/h5H,3-4,6H2,1-2H3,(H,17,18). The van der Waals surface area contributed by atoms with Crippen molar-refractivity contribution >= 4 is 17.7 Å². The van der Waals surface area contributed by atoms with Crippen LogP contribution in [0.4, 0.5) is 13.2 Å². The molecule has 108 valence electrons. The van der Waals surface area contributed by atoms with Crippen molar-refractivity contribution in [2.75, 3.05) is 26.4 Å². The Bertz CT molecular complexity index is 446. The highest BCUT2D eigenvalue weighted by Crippen LogP contribution is 2.31. The van der Waals surface area contributed by atoms with Crippen LogP contribution in [0.1, 0.15) is 5.69 Å². The summed E-state index contributed by atoms with van der Waals surface area (Å²) in [7, 11) is 3.58. The normalized spacial score (nSPS) is 12.1. The first-order valence-corrected chi connectivity index (χ1v) is 6.33. The van der Waals surface area contributed by atoms with Crippen molar-refractivity contribution in [1.29, 1.82) is 0 Å². The van der Waals surface area contributed by atoms with Gasteiger partial charge in [0.2, 0.25) is 0 Å². The number of carboxylic acids is 1. The van der Waals surface area contributed by atoms with E-state index < -0.39 is 17.8 Å². The average molecular weight is 297 g/mol. The Morgan fingerprint density at radius 2 is 2.16 bits per heavy atom. The summed E-state index contributed by atoms with van der Waals surface area (Å²) in [5, 5.41) is 12.3. The third-order valence-corrected chi connectivity index (χ3v) is 3.15. The quantitative estimate of drug-likeness (QED) is 0.809. The molecule has 1 rings (SSSR count). The molecule has 0 saturated heterocycles. The van der Waals surface area contributed by atoms with Crippen molar-refractivity contribution in [3.05, 3.63) is 11.8 Å². The van der Waals surface area contributed by atoms with Crippen molar-refractivity contribution < 1.29 is 23.1 Å². The molecule has 1 heterocycles. The number of carboxylic acid groups (broad SMARTS) is 1. The maximum atomic E-state index is 12.6. The van der Waals surface area contributed by atoms with Crippen molar-refractivity contribution in [2.24, 2.45) is 0 Å². The Morgan fingerprint density at radius 1 is 1.53 bits per heavy atom. The van der Waals surface area contributed by atoms with Gasteiger partial charge in [-0.05, 0) is 14.1 Å². The number of carbonyl (C=O) groups is 1. The number of rotatable bonds is 6. The molecule has 0 fully saturated rings. The highest BCUT2D eigenvalue weighted by Gasteiger charge is 2.35. The Kier molecular flexibility index (Phi) is 5.24. The summed E-state index contributed by atoms with van der Waals surface area (Å²) in [6.07, 6.45) is -4.53. The summed E-state index contributed by atoms with van der Waals surface area (Å²) in [5.41, 5.74) is -1.00. The van der Waals surface area contributed by atoms with Gasteiger partial charge in [0.25, 0.3) is 0 Å². The lowest BCUT2D eigenvalue weighted by Gasteiger charge is -2.11. The van der Waals surface area contributed by atoms with Gasteiger partial charge in [-0.15, -0.1) is 0 Å². The van der Waals surface area contributed by atoms with Crippen molar-refractivity contribution in [2.45, 2.75) is 17.7 Å². The summed E-state index contributed by atoms with van der Waals surface area (Å²) >= 11 is 0.826. The SMILES string of the molecule is CN(C)CCn1nc(C(F)(F)F)cc1SCC(=O)O. The minimum Gasteiger partial charge on any atom is -0.481 e. The van der Waals surface area contributed by atoms with E-state index in [-0.39, 0.29) is 17.3 Å². The molecule has 9 heteroatoms. The first-order chi connectivity index (χ1) is 8.70. The summed E-state index contributed by atoms with van der Waals surface area (Å²) < 4.78 is 38.9. The van der Waals surface area contributed by atoms with Gasteiger partial charge in [0.1, 0.15) is 0 Å². The molecule has 19 heavy (non-hydrogen) atoms. The molecule has 1 aromatic rings. The fraction of sp³-hybridized carbons (Fsp3) is 0.600. The van der Waals surface area contributed by atoms with E-state index in [1.165, 1.54) is 4.68 Å². The smallest absolute Gasteiger partial charge is 0.435 e. The maximum absolute atomic E-state index is 12.6. The molecular weight excluding hydrogens is 283 g/mol. The van der Waals surface area contributed by atoms with Crippen LogP contribution in [0.15, 0.2) is 11.1 Å². The number of hydrogen-bond donors (Lipinski definition) is 1. The Morgan fingerprint density at radius 3 is 2.63 bits per heavy atom. The predicted octanol–water partition coefficient (Wildman–Crippen LogP) is 1.64. The fourth-order valence-corrected chi connectivity index (χ4v) is 1.99. The van der Waals surface area contributed by atoms with E-state index >= 15 is 0 Å². The lowest BCUT2D eigenvalue weighted by molar-refractivity contribution is -0.141. The number of halogens is 3. The second-order valence-electron chi connectivity index (χ2n) is 4.07. The molecule has 5 nitrogen and oxygen atoms in total. The molecule has 0 saturated carbocycles. The lowest BCUT2D eigenvalue weighted by Crippen LogP contribution is -2.20. The molecule has 0 spiro atoms. The van der Waals surface area contributed by atoms with Crippen LogP contribution < -0.4 is 0 Å².